The number of esters is 1. The molecule has 0 saturated carbocycles. The largest absolute Gasteiger partial charge is 0.466 e. The molecule has 5 rings (SSSR count). The van der Waals surface area contributed by atoms with Crippen molar-refractivity contribution in [2.75, 3.05) is 26.9 Å². The van der Waals surface area contributed by atoms with Crippen molar-refractivity contribution >= 4 is 11.8 Å². The standard InChI is InChI=1S/C32H35FN4O4/c1-5-40-32(39)31-29(38)19-30-36(20-35(4)15-13-24-11-8-9-14-34-24)28(26-16-21(2)41-22(26)3)18-25(37(30)31)17-23-10-6-7-12-27(23)33/h6-12,14,16,18-19,28,31H,5,13,15,17,20H2,1-4H3. The molecule has 2 aliphatic heterocycles. The van der Waals surface area contributed by atoms with Crippen LogP contribution in [0.5, 0.6) is 0 Å². The van der Waals surface area contributed by atoms with Crippen molar-refractivity contribution in [3.05, 3.63) is 113 Å². The van der Waals surface area contributed by atoms with Gasteiger partial charge >= 0.3 is 5.97 Å². The number of aryl methyl sites for hydroxylation is 2. The lowest BCUT2D eigenvalue weighted by Crippen LogP contribution is -2.50. The van der Waals surface area contributed by atoms with E-state index in [0.717, 1.165) is 35.7 Å². The van der Waals surface area contributed by atoms with Gasteiger partial charge in [0.2, 0.25) is 0 Å². The highest BCUT2D eigenvalue weighted by atomic mass is 19.1. The number of hydrogen-bond donors (Lipinski definition) is 0. The van der Waals surface area contributed by atoms with Crippen molar-refractivity contribution in [1.82, 2.24) is 19.7 Å². The molecular weight excluding hydrogens is 523 g/mol. The number of hydrogen-bond acceptors (Lipinski definition) is 8. The zero-order valence-electron chi connectivity index (χ0n) is 23.8. The van der Waals surface area contributed by atoms with Crippen molar-refractivity contribution in [1.29, 1.82) is 0 Å². The maximum absolute atomic E-state index is 14.8. The van der Waals surface area contributed by atoms with Crippen molar-refractivity contribution in [3.63, 3.8) is 0 Å². The molecule has 9 heteroatoms. The molecular formula is C32H35FN4O4. The fourth-order valence-electron chi connectivity index (χ4n) is 5.53. The summed E-state index contributed by atoms with van der Waals surface area (Å²) in [7, 11) is 2.01. The topological polar surface area (TPSA) is 79.1 Å². The number of aromatic nitrogens is 1. The highest BCUT2D eigenvalue weighted by molar-refractivity contribution is 6.11. The van der Waals surface area contributed by atoms with Crippen LogP contribution in [0.2, 0.25) is 0 Å². The van der Waals surface area contributed by atoms with Crippen LogP contribution in [-0.2, 0) is 27.2 Å². The Balaban J connectivity index is 1.56. The molecule has 0 fully saturated rings. The number of rotatable bonds is 10. The molecule has 4 heterocycles. The number of benzene rings is 1. The van der Waals surface area contributed by atoms with Gasteiger partial charge < -0.3 is 19.0 Å². The number of fused-ring (bicyclic) bond motifs is 1. The van der Waals surface area contributed by atoms with Gasteiger partial charge in [0.15, 0.2) is 11.8 Å². The van der Waals surface area contributed by atoms with E-state index in [-0.39, 0.29) is 30.7 Å². The molecule has 0 spiro atoms. The Bertz CT molecular complexity index is 1480. The Labute approximate surface area is 239 Å². The Kier molecular flexibility index (Phi) is 8.35. The normalized spacial score (nSPS) is 18.4. The molecule has 8 nitrogen and oxygen atoms in total. The van der Waals surface area contributed by atoms with Crippen molar-refractivity contribution in [2.45, 2.75) is 45.7 Å². The van der Waals surface area contributed by atoms with Gasteiger partial charge in [-0.05, 0) is 63.7 Å². The van der Waals surface area contributed by atoms with Crippen LogP contribution in [0.15, 0.2) is 82.8 Å². The van der Waals surface area contributed by atoms with Gasteiger partial charge in [-0.1, -0.05) is 24.3 Å². The van der Waals surface area contributed by atoms with Crippen LogP contribution in [-0.4, -0.2) is 64.3 Å². The van der Waals surface area contributed by atoms with Crippen LogP contribution >= 0.6 is 0 Å². The van der Waals surface area contributed by atoms with Gasteiger partial charge in [0, 0.05) is 48.6 Å². The van der Waals surface area contributed by atoms with Crippen molar-refractivity contribution in [2.24, 2.45) is 0 Å². The second-order valence-electron chi connectivity index (χ2n) is 10.4. The predicted molar refractivity (Wildman–Crippen MR) is 152 cm³/mol. The van der Waals surface area contributed by atoms with E-state index in [9.17, 15) is 14.0 Å². The first kappa shape index (κ1) is 28.3. The van der Waals surface area contributed by atoms with E-state index in [4.69, 9.17) is 9.15 Å². The lowest BCUT2D eigenvalue weighted by Gasteiger charge is -2.45. The molecule has 214 valence electrons. The van der Waals surface area contributed by atoms with Crippen molar-refractivity contribution in [3.8, 4) is 0 Å². The van der Waals surface area contributed by atoms with Crippen LogP contribution in [0.3, 0.4) is 0 Å². The molecule has 2 aromatic heterocycles. The molecule has 0 amide bonds. The molecule has 0 bridgehead atoms. The maximum atomic E-state index is 14.8. The summed E-state index contributed by atoms with van der Waals surface area (Å²) in [5, 5.41) is 0. The number of furan rings is 1. The molecule has 2 unspecified atom stereocenters. The van der Waals surface area contributed by atoms with Crippen LogP contribution in [0.1, 0.15) is 41.3 Å². The summed E-state index contributed by atoms with van der Waals surface area (Å²) in [6.45, 7) is 6.84. The highest BCUT2D eigenvalue weighted by Crippen LogP contribution is 2.42. The summed E-state index contributed by atoms with van der Waals surface area (Å²) in [6, 6.07) is 12.9. The number of halogens is 1. The molecule has 0 radical (unpaired) electrons. The smallest absolute Gasteiger partial charge is 0.337 e. The quantitative estimate of drug-likeness (QED) is 0.262. The van der Waals surface area contributed by atoms with Gasteiger partial charge in [0.25, 0.3) is 0 Å². The maximum Gasteiger partial charge on any atom is 0.337 e. The molecule has 2 aliphatic rings. The van der Waals surface area contributed by atoms with Gasteiger partial charge in [-0.3, -0.25) is 14.7 Å². The molecule has 1 aromatic carbocycles. The second-order valence-corrected chi connectivity index (χ2v) is 10.4. The first-order valence-corrected chi connectivity index (χ1v) is 13.8. The lowest BCUT2D eigenvalue weighted by atomic mass is 9.98. The number of ether oxygens (including phenoxy) is 1. The average Bonchev–Trinajstić information content (AvgIpc) is 3.48. The molecule has 3 aromatic rings. The average molecular weight is 559 g/mol. The summed E-state index contributed by atoms with van der Waals surface area (Å²) in [5.74, 6) is 0.777. The predicted octanol–water partition coefficient (Wildman–Crippen LogP) is 4.70. The molecule has 2 atom stereocenters. The SMILES string of the molecule is CCOC(=O)C1C(=O)C=C2N(CN(C)CCc3ccccn3)C(c3cc(C)oc3C)C=C(Cc3ccccc3F)N21. The van der Waals surface area contributed by atoms with E-state index in [0.29, 0.717) is 23.8 Å². The second kappa shape index (κ2) is 12.1. The number of nitrogens with zero attached hydrogens (tertiary/aromatic N) is 4. The van der Waals surface area contributed by atoms with Crippen molar-refractivity contribution < 1.29 is 23.1 Å². The van der Waals surface area contributed by atoms with Crippen LogP contribution in [0.25, 0.3) is 0 Å². The number of carbonyl (C=O) groups excluding carboxylic acids is 2. The zero-order valence-corrected chi connectivity index (χ0v) is 23.8. The minimum absolute atomic E-state index is 0.147. The van der Waals surface area contributed by atoms with E-state index < -0.39 is 12.0 Å². The first-order chi connectivity index (χ1) is 19.8. The number of carbonyl (C=O) groups is 2. The van der Waals surface area contributed by atoms with Crippen LogP contribution in [0.4, 0.5) is 4.39 Å². The van der Waals surface area contributed by atoms with Gasteiger partial charge in [0.05, 0.1) is 19.3 Å². The van der Waals surface area contributed by atoms with Gasteiger partial charge in [-0.15, -0.1) is 0 Å². The van der Waals surface area contributed by atoms with E-state index >= 15 is 0 Å². The third-order valence-electron chi connectivity index (χ3n) is 7.44. The molecule has 0 N–H and O–H groups in total. The van der Waals surface area contributed by atoms with Gasteiger partial charge in [0.1, 0.15) is 23.2 Å². The Morgan fingerprint density at radius 2 is 1.95 bits per heavy atom. The Morgan fingerprint density at radius 1 is 1.17 bits per heavy atom. The van der Waals surface area contributed by atoms with E-state index in [1.165, 1.54) is 12.1 Å². The fourth-order valence-corrected chi connectivity index (χ4v) is 5.53. The summed E-state index contributed by atoms with van der Waals surface area (Å²) >= 11 is 0. The van der Waals surface area contributed by atoms with Gasteiger partial charge in [-0.25, -0.2) is 9.18 Å². The lowest BCUT2D eigenvalue weighted by molar-refractivity contribution is -0.150. The zero-order chi connectivity index (χ0) is 29.1. The fraction of sp³-hybridized carbons (Fsp3) is 0.344. The summed E-state index contributed by atoms with van der Waals surface area (Å²) in [5.41, 5.74) is 3.06. The van der Waals surface area contributed by atoms with Crippen LogP contribution < -0.4 is 0 Å². The van der Waals surface area contributed by atoms with Gasteiger partial charge in [-0.2, -0.15) is 0 Å². The molecule has 41 heavy (non-hydrogen) atoms. The number of allylic oxidation sites excluding steroid dienone is 1. The third kappa shape index (κ3) is 5.95. The minimum Gasteiger partial charge on any atom is -0.466 e. The Morgan fingerprint density at radius 3 is 2.63 bits per heavy atom. The molecule has 0 saturated heterocycles. The summed E-state index contributed by atoms with van der Waals surface area (Å²) in [6.07, 6.45) is 6.25. The minimum atomic E-state index is -1.17. The first-order valence-electron chi connectivity index (χ1n) is 13.8. The highest BCUT2D eigenvalue weighted by Gasteiger charge is 2.47. The molecule has 0 aliphatic carbocycles. The Hall–Kier alpha value is -4.24. The summed E-state index contributed by atoms with van der Waals surface area (Å²) < 4.78 is 26.1. The summed E-state index contributed by atoms with van der Waals surface area (Å²) in [4.78, 5) is 36.9. The van der Waals surface area contributed by atoms with E-state index in [1.54, 1.807) is 36.2 Å². The van der Waals surface area contributed by atoms with Crippen LogP contribution in [0, 0.1) is 19.7 Å². The number of ketones is 1. The number of pyridine rings is 1. The third-order valence-corrected chi connectivity index (χ3v) is 7.44. The monoisotopic (exact) mass is 558 g/mol. The van der Waals surface area contributed by atoms with E-state index in [1.807, 2.05) is 51.2 Å². The number of likely N-dealkylation sites (N-methyl/N-ethyl adjacent to an activating group) is 1. The van der Waals surface area contributed by atoms with E-state index in [2.05, 4.69) is 14.8 Å².